The monoisotopic (exact) mass is 361 g/mol. The summed E-state index contributed by atoms with van der Waals surface area (Å²) in [7, 11) is 3.45. The highest BCUT2D eigenvalue weighted by atomic mass is 35.5. The summed E-state index contributed by atoms with van der Waals surface area (Å²) >= 11 is 6.36. The minimum Gasteiger partial charge on any atom is -0.496 e. The first-order chi connectivity index (χ1) is 12.0. The highest BCUT2D eigenvalue weighted by Crippen LogP contribution is 2.28. The molecule has 0 spiro atoms. The van der Waals surface area contributed by atoms with Gasteiger partial charge in [0.25, 0.3) is 0 Å². The molecule has 0 radical (unpaired) electrons. The molecule has 1 saturated heterocycles. The van der Waals surface area contributed by atoms with E-state index in [1.807, 2.05) is 38.2 Å². The Morgan fingerprint density at radius 3 is 2.84 bits per heavy atom. The van der Waals surface area contributed by atoms with E-state index in [0.29, 0.717) is 16.5 Å². The normalized spacial score (nSPS) is 18.3. The van der Waals surface area contributed by atoms with E-state index >= 15 is 0 Å². The minimum absolute atomic E-state index is 0.0131. The molecule has 0 amide bonds. The fraction of sp³-hybridized carbons (Fsp3) is 0.474. The number of halogens is 1. The SMILES string of the molecule is COc1ccccc1C(=O)[C@H]1CCCN(Cc2c(C)nn(C)c2Cl)C1. The third kappa shape index (κ3) is 3.72. The highest BCUT2D eigenvalue weighted by molar-refractivity contribution is 6.30. The number of ether oxygens (including phenoxy) is 1. The van der Waals surface area contributed by atoms with E-state index in [-0.39, 0.29) is 11.7 Å². The van der Waals surface area contributed by atoms with Gasteiger partial charge in [-0.05, 0) is 38.4 Å². The molecule has 1 aromatic carbocycles. The van der Waals surface area contributed by atoms with Crippen LogP contribution in [0.15, 0.2) is 24.3 Å². The maximum atomic E-state index is 13.0. The Morgan fingerprint density at radius 2 is 2.16 bits per heavy atom. The van der Waals surface area contributed by atoms with E-state index in [0.717, 1.165) is 43.7 Å². The number of Topliss-reactive ketones (excluding diaryl/α,β-unsaturated/α-hetero) is 1. The van der Waals surface area contributed by atoms with Crippen LogP contribution in [0.4, 0.5) is 0 Å². The van der Waals surface area contributed by atoms with Gasteiger partial charge in [-0.2, -0.15) is 5.10 Å². The number of para-hydroxylation sites is 1. The maximum absolute atomic E-state index is 13.0. The molecular formula is C19H24ClN3O2. The number of ketones is 1. The van der Waals surface area contributed by atoms with Crippen LogP contribution in [-0.4, -0.2) is 40.7 Å². The molecule has 3 rings (SSSR count). The van der Waals surface area contributed by atoms with Crippen LogP contribution >= 0.6 is 11.6 Å². The van der Waals surface area contributed by atoms with E-state index < -0.39 is 0 Å². The van der Waals surface area contributed by atoms with Crippen molar-refractivity contribution in [3.63, 3.8) is 0 Å². The molecule has 6 heteroatoms. The summed E-state index contributed by atoms with van der Waals surface area (Å²) in [6, 6.07) is 7.46. The maximum Gasteiger partial charge on any atom is 0.170 e. The Kier molecular flexibility index (Phi) is 5.45. The summed E-state index contributed by atoms with van der Waals surface area (Å²) in [5.74, 6) is 0.799. The number of nitrogens with zero attached hydrogens (tertiary/aromatic N) is 3. The topological polar surface area (TPSA) is 47.4 Å². The molecule has 5 nitrogen and oxygen atoms in total. The number of rotatable bonds is 5. The molecule has 0 aliphatic carbocycles. The Labute approximate surface area is 153 Å². The predicted octanol–water partition coefficient (Wildman–Crippen LogP) is 3.49. The lowest BCUT2D eigenvalue weighted by Gasteiger charge is -2.32. The van der Waals surface area contributed by atoms with Gasteiger partial charge in [-0.25, -0.2) is 0 Å². The molecule has 0 bridgehead atoms. The zero-order chi connectivity index (χ0) is 18.0. The van der Waals surface area contributed by atoms with Gasteiger partial charge < -0.3 is 4.74 Å². The number of carbonyl (C=O) groups excluding carboxylic acids is 1. The Hall–Kier alpha value is -1.85. The van der Waals surface area contributed by atoms with Crippen molar-refractivity contribution < 1.29 is 9.53 Å². The van der Waals surface area contributed by atoms with Crippen LogP contribution in [0.2, 0.25) is 5.15 Å². The quantitative estimate of drug-likeness (QED) is 0.765. The molecule has 1 aliphatic rings. The predicted molar refractivity (Wildman–Crippen MR) is 98.3 cm³/mol. The van der Waals surface area contributed by atoms with Crippen LogP contribution < -0.4 is 4.74 Å². The fourth-order valence-corrected chi connectivity index (χ4v) is 3.79. The molecule has 2 heterocycles. The van der Waals surface area contributed by atoms with E-state index in [1.54, 1.807) is 11.8 Å². The van der Waals surface area contributed by atoms with Crippen molar-refractivity contribution in [1.82, 2.24) is 14.7 Å². The number of likely N-dealkylation sites (tertiary alicyclic amines) is 1. The van der Waals surface area contributed by atoms with Crippen molar-refractivity contribution in [3.05, 3.63) is 46.2 Å². The van der Waals surface area contributed by atoms with Crippen LogP contribution in [-0.2, 0) is 13.6 Å². The van der Waals surface area contributed by atoms with Gasteiger partial charge in [0.15, 0.2) is 5.78 Å². The number of hydrogen-bond acceptors (Lipinski definition) is 4. The first-order valence-electron chi connectivity index (χ1n) is 8.58. The summed E-state index contributed by atoms with van der Waals surface area (Å²) in [4.78, 5) is 15.3. The molecule has 0 N–H and O–H groups in total. The third-order valence-corrected chi connectivity index (χ3v) is 5.37. The molecule has 1 aliphatic heterocycles. The Bertz CT molecular complexity index is 772. The van der Waals surface area contributed by atoms with Gasteiger partial charge in [-0.15, -0.1) is 0 Å². The van der Waals surface area contributed by atoms with Crippen LogP contribution in [0.3, 0.4) is 0 Å². The lowest BCUT2D eigenvalue weighted by Crippen LogP contribution is -2.38. The Balaban J connectivity index is 1.74. The molecule has 1 fully saturated rings. The summed E-state index contributed by atoms with van der Waals surface area (Å²) in [5, 5.41) is 5.05. The molecule has 1 aromatic heterocycles. The number of benzene rings is 1. The average Bonchev–Trinajstić information content (AvgIpc) is 2.87. The molecule has 1 atom stereocenters. The summed E-state index contributed by atoms with van der Waals surface area (Å²) in [6.07, 6.45) is 1.91. The molecule has 0 saturated carbocycles. The molecule has 25 heavy (non-hydrogen) atoms. The molecule has 0 unspecified atom stereocenters. The summed E-state index contributed by atoms with van der Waals surface area (Å²) < 4.78 is 7.05. The van der Waals surface area contributed by atoms with Crippen LogP contribution in [0.25, 0.3) is 0 Å². The zero-order valence-electron chi connectivity index (χ0n) is 15.0. The van der Waals surface area contributed by atoms with Crippen LogP contribution in [0.5, 0.6) is 5.75 Å². The number of methoxy groups -OCH3 is 1. The van der Waals surface area contributed by atoms with Crippen LogP contribution in [0.1, 0.15) is 34.5 Å². The number of carbonyl (C=O) groups is 1. The zero-order valence-corrected chi connectivity index (χ0v) is 15.7. The molecule has 134 valence electrons. The van der Waals surface area contributed by atoms with Crippen molar-refractivity contribution in [3.8, 4) is 5.75 Å². The first kappa shape index (κ1) is 18.0. The van der Waals surface area contributed by atoms with Crippen LogP contribution in [0, 0.1) is 12.8 Å². The van der Waals surface area contributed by atoms with Gasteiger partial charge in [0.1, 0.15) is 10.9 Å². The van der Waals surface area contributed by atoms with Crippen molar-refractivity contribution in [2.24, 2.45) is 13.0 Å². The van der Waals surface area contributed by atoms with Gasteiger partial charge in [0.05, 0.1) is 18.4 Å². The minimum atomic E-state index is -0.0131. The van der Waals surface area contributed by atoms with E-state index in [9.17, 15) is 4.79 Å². The standard InChI is InChI=1S/C19H24ClN3O2/c1-13-16(19(20)22(2)21-13)12-23-10-6-7-14(11-23)18(24)15-8-4-5-9-17(15)25-3/h4-5,8-9,14H,6-7,10-12H2,1-3H3/t14-/m0/s1. The number of aryl methyl sites for hydroxylation is 2. The first-order valence-corrected chi connectivity index (χ1v) is 8.96. The van der Waals surface area contributed by atoms with Crippen molar-refractivity contribution in [1.29, 1.82) is 0 Å². The van der Waals surface area contributed by atoms with E-state index in [4.69, 9.17) is 16.3 Å². The molecule has 2 aromatic rings. The highest BCUT2D eigenvalue weighted by Gasteiger charge is 2.29. The third-order valence-electron chi connectivity index (χ3n) is 4.90. The second kappa shape index (κ2) is 7.58. The van der Waals surface area contributed by atoms with E-state index in [1.165, 1.54) is 0 Å². The summed E-state index contributed by atoms with van der Waals surface area (Å²) in [5.41, 5.74) is 2.67. The van der Waals surface area contributed by atoms with Gasteiger partial charge in [-0.3, -0.25) is 14.4 Å². The van der Waals surface area contributed by atoms with Gasteiger partial charge in [0.2, 0.25) is 0 Å². The summed E-state index contributed by atoms with van der Waals surface area (Å²) in [6.45, 7) is 4.42. The largest absolute Gasteiger partial charge is 0.496 e. The smallest absolute Gasteiger partial charge is 0.170 e. The van der Waals surface area contributed by atoms with Gasteiger partial charge in [-0.1, -0.05) is 23.7 Å². The van der Waals surface area contributed by atoms with Gasteiger partial charge >= 0.3 is 0 Å². The van der Waals surface area contributed by atoms with Crippen molar-refractivity contribution in [2.45, 2.75) is 26.3 Å². The number of hydrogen-bond donors (Lipinski definition) is 0. The second-order valence-corrected chi connectivity index (χ2v) is 6.98. The van der Waals surface area contributed by atoms with Gasteiger partial charge in [0, 0.05) is 31.6 Å². The van der Waals surface area contributed by atoms with Crippen molar-refractivity contribution in [2.75, 3.05) is 20.2 Å². The number of piperidine rings is 1. The lowest BCUT2D eigenvalue weighted by atomic mass is 9.89. The average molecular weight is 362 g/mol. The van der Waals surface area contributed by atoms with E-state index in [2.05, 4.69) is 10.00 Å². The Morgan fingerprint density at radius 1 is 1.40 bits per heavy atom. The lowest BCUT2D eigenvalue weighted by molar-refractivity contribution is 0.0808. The fourth-order valence-electron chi connectivity index (χ4n) is 3.56. The molecular weight excluding hydrogens is 338 g/mol. The second-order valence-electron chi connectivity index (χ2n) is 6.62. The number of aromatic nitrogens is 2. The van der Waals surface area contributed by atoms with Crippen molar-refractivity contribution >= 4 is 17.4 Å².